The van der Waals surface area contributed by atoms with Crippen molar-refractivity contribution < 1.29 is 18.6 Å². The average molecular weight is 714 g/mol. The zero-order chi connectivity index (χ0) is 30.8. The number of aromatic nitrogens is 2. The van der Waals surface area contributed by atoms with Crippen molar-refractivity contribution in [3.05, 3.63) is 115 Å². The minimum atomic E-state index is -0.368. The van der Waals surface area contributed by atoms with Gasteiger partial charge in [-0.05, 0) is 74.3 Å². The fourth-order valence-corrected chi connectivity index (χ4v) is 5.66. The summed E-state index contributed by atoms with van der Waals surface area (Å²) in [5.74, 6) is 2.07. The molecule has 6 aromatic rings. The van der Waals surface area contributed by atoms with Crippen LogP contribution in [0.25, 0.3) is 33.5 Å². The molecule has 0 unspecified atom stereocenters. The second kappa shape index (κ2) is 12.4. The maximum absolute atomic E-state index is 13.7. The fourth-order valence-electron chi connectivity index (χ4n) is 4.72. The number of benzene rings is 4. The molecule has 0 saturated heterocycles. The van der Waals surface area contributed by atoms with Crippen molar-refractivity contribution in [2.24, 2.45) is 5.10 Å². The Hall–Kier alpha value is -4.92. The number of ether oxygens (including phenoxy) is 3. The smallest absolute Gasteiger partial charge is 0.282 e. The lowest BCUT2D eigenvalue weighted by molar-refractivity contribution is 0.282. The summed E-state index contributed by atoms with van der Waals surface area (Å²) in [4.78, 5) is 18.5. The molecule has 0 atom stereocenters. The largest absolute Gasteiger partial charge is 0.496 e. The number of nitriles is 1. The van der Waals surface area contributed by atoms with Gasteiger partial charge < -0.3 is 18.6 Å². The van der Waals surface area contributed by atoms with Crippen molar-refractivity contribution in [2.45, 2.75) is 6.61 Å². The van der Waals surface area contributed by atoms with Crippen molar-refractivity contribution in [1.29, 1.82) is 5.26 Å². The van der Waals surface area contributed by atoms with Crippen LogP contribution in [0.3, 0.4) is 0 Å². The molecule has 6 rings (SSSR count). The summed E-state index contributed by atoms with van der Waals surface area (Å²) in [5, 5.41) is 15.2. The van der Waals surface area contributed by atoms with Gasteiger partial charge in [-0.15, -0.1) is 0 Å². The number of furan rings is 1. The molecule has 0 spiro atoms. The molecule has 44 heavy (non-hydrogen) atoms. The summed E-state index contributed by atoms with van der Waals surface area (Å²) in [6, 6.07) is 25.4. The van der Waals surface area contributed by atoms with E-state index in [1.807, 2.05) is 36.4 Å². The lowest BCUT2D eigenvalue weighted by Crippen LogP contribution is -2.20. The molecule has 0 fully saturated rings. The number of nitrogens with zero attached hydrogens (tertiary/aromatic N) is 4. The molecule has 0 aliphatic rings. The van der Waals surface area contributed by atoms with Gasteiger partial charge >= 0.3 is 0 Å². The minimum Gasteiger partial charge on any atom is -0.496 e. The monoisotopic (exact) mass is 712 g/mol. The van der Waals surface area contributed by atoms with E-state index in [4.69, 9.17) is 23.6 Å². The summed E-state index contributed by atoms with van der Waals surface area (Å²) in [7, 11) is 3.11. The Labute approximate surface area is 268 Å². The molecule has 0 saturated carbocycles. The number of para-hydroxylation sites is 1. The predicted molar refractivity (Wildman–Crippen MR) is 175 cm³/mol. The number of hydrogen-bond donors (Lipinski definition) is 0. The Balaban J connectivity index is 1.44. The third-order valence-corrected chi connectivity index (χ3v) is 9.06. The van der Waals surface area contributed by atoms with E-state index >= 15 is 0 Å². The maximum Gasteiger partial charge on any atom is 0.282 e. The van der Waals surface area contributed by atoms with Gasteiger partial charge in [0.05, 0.1) is 52.8 Å². The molecule has 0 aliphatic heterocycles. The van der Waals surface area contributed by atoms with E-state index < -0.39 is 0 Å². The SMILES string of the molecule is COc1cc(C=Nn2c(-c3cc4c(OC)cccc4o3)nc3ccccc3c2=O)c(Br)c(Br)c1OCc1ccccc1C#N. The summed E-state index contributed by atoms with van der Waals surface area (Å²) >= 11 is 7.22. The first kappa shape index (κ1) is 29.2. The van der Waals surface area contributed by atoms with Gasteiger partial charge in [0.15, 0.2) is 17.3 Å². The Morgan fingerprint density at radius 2 is 1.73 bits per heavy atom. The van der Waals surface area contributed by atoms with Gasteiger partial charge in [0.1, 0.15) is 17.9 Å². The van der Waals surface area contributed by atoms with Crippen LogP contribution in [0.5, 0.6) is 17.2 Å². The van der Waals surface area contributed by atoms with E-state index in [0.717, 1.165) is 10.9 Å². The molecule has 0 N–H and O–H groups in total. The second-order valence-corrected chi connectivity index (χ2v) is 11.1. The molecule has 11 heteroatoms. The van der Waals surface area contributed by atoms with E-state index in [1.165, 1.54) is 18.0 Å². The van der Waals surface area contributed by atoms with E-state index in [9.17, 15) is 10.1 Å². The summed E-state index contributed by atoms with van der Waals surface area (Å²) < 4.78 is 25.7. The Morgan fingerprint density at radius 3 is 2.52 bits per heavy atom. The van der Waals surface area contributed by atoms with E-state index in [1.54, 1.807) is 49.6 Å². The van der Waals surface area contributed by atoms with Crippen LogP contribution in [-0.2, 0) is 6.61 Å². The fraction of sp³-hybridized carbons (Fsp3) is 0.0909. The standard InChI is InChI=1S/C33H22Br2N4O5/c1-41-25-12-7-13-26-23(25)15-28(44-26)32-38-24-11-6-5-10-22(24)33(40)39(32)37-17-21-14-27(42-2)31(30(35)29(21)34)43-18-20-9-4-3-8-19(20)16-36/h3-15,17H,18H2,1-2H3. The van der Waals surface area contributed by atoms with Crippen LogP contribution in [0.1, 0.15) is 16.7 Å². The highest BCUT2D eigenvalue weighted by atomic mass is 79.9. The first-order valence-electron chi connectivity index (χ1n) is 13.2. The molecule has 0 aliphatic carbocycles. The predicted octanol–water partition coefficient (Wildman–Crippen LogP) is 7.68. The molecular weight excluding hydrogens is 692 g/mol. The van der Waals surface area contributed by atoms with Gasteiger partial charge in [-0.25, -0.2) is 4.98 Å². The van der Waals surface area contributed by atoms with Crippen molar-refractivity contribution in [3.63, 3.8) is 0 Å². The molecule has 218 valence electrons. The molecule has 4 aromatic carbocycles. The third-order valence-electron chi connectivity index (χ3n) is 6.91. The van der Waals surface area contributed by atoms with E-state index in [-0.39, 0.29) is 18.0 Å². The highest BCUT2D eigenvalue weighted by Crippen LogP contribution is 2.43. The second-order valence-electron chi connectivity index (χ2n) is 9.48. The van der Waals surface area contributed by atoms with Crippen LogP contribution in [0, 0.1) is 11.3 Å². The van der Waals surface area contributed by atoms with Gasteiger partial charge in [-0.2, -0.15) is 15.0 Å². The molecule has 2 heterocycles. The molecule has 0 radical (unpaired) electrons. The first-order chi connectivity index (χ1) is 21.4. The van der Waals surface area contributed by atoms with Crippen LogP contribution in [-0.4, -0.2) is 30.1 Å². The van der Waals surface area contributed by atoms with Crippen molar-refractivity contribution >= 4 is 59.9 Å². The first-order valence-corrected chi connectivity index (χ1v) is 14.8. The zero-order valence-electron chi connectivity index (χ0n) is 23.4. The molecule has 0 bridgehead atoms. The van der Waals surface area contributed by atoms with Crippen LogP contribution in [0.15, 0.2) is 102 Å². The quantitative estimate of drug-likeness (QED) is 0.149. The number of rotatable bonds is 8. The zero-order valence-corrected chi connectivity index (χ0v) is 26.5. The van der Waals surface area contributed by atoms with Gasteiger partial charge in [0, 0.05) is 15.6 Å². The van der Waals surface area contributed by atoms with Crippen LogP contribution < -0.4 is 19.8 Å². The molecular formula is C33H22Br2N4O5. The van der Waals surface area contributed by atoms with Crippen LogP contribution >= 0.6 is 31.9 Å². The van der Waals surface area contributed by atoms with Crippen molar-refractivity contribution in [2.75, 3.05) is 14.2 Å². The summed E-state index contributed by atoms with van der Waals surface area (Å²) in [6.45, 7) is 0.155. The molecule has 2 aromatic heterocycles. The van der Waals surface area contributed by atoms with Gasteiger partial charge in [-0.1, -0.05) is 36.4 Å². The number of hydrogen-bond acceptors (Lipinski definition) is 8. The highest BCUT2D eigenvalue weighted by Gasteiger charge is 2.20. The third kappa shape index (κ3) is 5.34. The van der Waals surface area contributed by atoms with Crippen molar-refractivity contribution in [1.82, 2.24) is 9.66 Å². The van der Waals surface area contributed by atoms with Gasteiger partial charge in [-0.3, -0.25) is 4.79 Å². The van der Waals surface area contributed by atoms with E-state index in [2.05, 4.69) is 43.0 Å². The average Bonchev–Trinajstić information content (AvgIpc) is 3.50. The van der Waals surface area contributed by atoms with Crippen LogP contribution in [0.4, 0.5) is 0 Å². The molecule has 0 amide bonds. The summed E-state index contributed by atoms with van der Waals surface area (Å²) in [5.41, 5.74) is 2.59. The highest BCUT2D eigenvalue weighted by molar-refractivity contribution is 9.13. The number of halogens is 2. The van der Waals surface area contributed by atoms with E-state index in [0.29, 0.717) is 59.6 Å². The summed E-state index contributed by atoms with van der Waals surface area (Å²) in [6.07, 6.45) is 1.52. The Kier molecular flexibility index (Phi) is 8.19. The maximum atomic E-state index is 13.7. The minimum absolute atomic E-state index is 0.155. The Morgan fingerprint density at radius 1 is 0.955 bits per heavy atom. The number of methoxy groups -OCH3 is 2. The Bertz CT molecular complexity index is 2180. The lowest BCUT2D eigenvalue weighted by Gasteiger charge is -2.16. The molecule has 9 nitrogen and oxygen atoms in total. The lowest BCUT2D eigenvalue weighted by atomic mass is 10.1. The van der Waals surface area contributed by atoms with Gasteiger partial charge in [0.25, 0.3) is 5.56 Å². The van der Waals surface area contributed by atoms with Crippen molar-refractivity contribution in [3.8, 4) is 34.9 Å². The van der Waals surface area contributed by atoms with Crippen LogP contribution in [0.2, 0.25) is 0 Å². The van der Waals surface area contributed by atoms with Gasteiger partial charge in [0.2, 0.25) is 5.82 Å². The number of fused-ring (bicyclic) bond motifs is 2. The topological polar surface area (TPSA) is 112 Å². The normalized spacial score (nSPS) is 11.2.